The Hall–Kier alpha value is -2.89. The minimum atomic E-state index is -0.649. The van der Waals surface area contributed by atoms with E-state index in [0.29, 0.717) is 24.6 Å². The zero-order valence-corrected chi connectivity index (χ0v) is 16.6. The lowest BCUT2D eigenvalue weighted by Crippen LogP contribution is -2.34. The van der Waals surface area contributed by atoms with Gasteiger partial charge >= 0.3 is 0 Å². The van der Waals surface area contributed by atoms with E-state index in [0.717, 1.165) is 17.1 Å². The van der Waals surface area contributed by atoms with Crippen LogP contribution in [0.5, 0.6) is 17.2 Å². The molecule has 2 amide bonds. The molecule has 0 unspecified atom stereocenters. The van der Waals surface area contributed by atoms with Crippen molar-refractivity contribution in [3.05, 3.63) is 42.1 Å². The Morgan fingerprint density at radius 3 is 2.61 bits per heavy atom. The fourth-order valence-corrected chi connectivity index (χ4v) is 3.79. The van der Waals surface area contributed by atoms with E-state index in [1.807, 2.05) is 32.0 Å². The van der Waals surface area contributed by atoms with Crippen LogP contribution in [0.4, 0.5) is 5.82 Å². The second-order valence-corrected chi connectivity index (χ2v) is 8.38. The van der Waals surface area contributed by atoms with Gasteiger partial charge in [0.25, 0.3) is 0 Å². The Labute approximate surface area is 164 Å². The molecule has 2 aromatic rings. The summed E-state index contributed by atoms with van der Waals surface area (Å²) in [5.41, 5.74) is 0.241. The number of aromatic nitrogens is 1. The monoisotopic (exact) mass is 380 g/mol. The van der Waals surface area contributed by atoms with Gasteiger partial charge in [-0.25, -0.2) is 9.88 Å². The van der Waals surface area contributed by atoms with Crippen LogP contribution in [-0.2, 0) is 15.0 Å². The molecule has 6 heteroatoms. The van der Waals surface area contributed by atoms with Gasteiger partial charge in [-0.2, -0.15) is 0 Å². The lowest BCUT2D eigenvalue weighted by Gasteiger charge is -2.20. The molecular weight excluding hydrogens is 356 g/mol. The molecule has 1 aromatic carbocycles. The maximum absolute atomic E-state index is 12.7. The van der Waals surface area contributed by atoms with Crippen molar-refractivity contribution in [2.75, 3.05) is 11.5 Å². The van der Waals surface area contributed by atoms with Crippen LogP contribution in [0.15, 0.2) is 36.5 Å². The summed E-state index contributed by atoms with van der Waals surface area (Å²) in [6.07, 6.45) is 2.37. The zero-order chi connectivity index (χ0) is 20.1. The zero-order valence-electron chi connectivity index (χ0n) is 16.6. The lowest BCUT2D eigenvalue weighted by atomic mass is 9.86. The number of nitrogens with zero attached hydrogens (tertiary/aromatic N) is 2. The number of ether oxygens (including phenoxy) is 2. The molecule has 28 heavy (non-hydrogen) atoms. The number of fused-ring (bicyclic) bond motifs is 1. The summed E-state index contributed by atoms with van der Waals surface area (Å²) in [6.45, 7) is 8.58. The summed E-state index contributed by atoms with van der Waals surface area (Å²) in [4.78, 5) is 30.5. The lowest BCUT2D eigenvalue weighted by molar-refractivity contribution is -0.125. The van der Waals surface area contributed by atoms with Crippen molar-refractivity contribution in [3.63, 3.8) is 0 Å². The standard InChI is InChI=1S/C22H24N2O4/c1-5-22(4)11-18(25)24(20(22)26)17-10-9-14(12-23-17)28-16-8-6-7-15-19(16)21(2,3)13-27-15/h6-10,12H,5,11,13H2,1-4H3/t22-/m0/s1. The van der Waals surface area contributed by atoms with Crippen molar-refractivity contribution in [2.45, 2.75) is 46.0 Å². The van der Waals surface area contributed by atoms with Gasteiger partial charge in [-0.15, -0.1) is 0 Å². The molecule has 1 saturated heterocycles. The van der Waals surface area contributed by atoms with Crippen molar-refractivity contribution < 1.29 is 19.1 Å². The molecule has 0 N–H and O–H groups in total. The van der Waals surface area contributed by atoms with Crippen molar-refractivity contribution >= 4 is 17.6 Å². The number of carbonyl (C=O) groups is 2. The van der Waals surface area contributed by atoms with E-state index in [9.17, 15) is 9.59 Å². The number of amides is 2. The number of hydrogen-bond acceptors (Lipinski definition) is 5. The number of hydrogen-bond donors (Lipinski definition) is 0. The number of carbonyl (C=O) groups excluding carboxylic acids is 2. The Morgan fingerprint density at radius 1 is 1.18 bits per heavy atom. The smallest absolute Gasteiger partial charge is 0.241 e. The number of rotatable bonds is 4. The number of pyridine rings is 1. The Balaban J connectivity index is 1.59. The molecule has 2 aliphatic rings. The van der Waals surface area contributed by atoms with Crippen molar-refractivity contribution in [1.82, 2.24) is 4.98 Å². The summed E-state index contributed by atoms with van der Waals surface area (Å²) in [6, 6.07) is 9.12. The summed E-state index contributed by atoms with van der Waals surface area (Å²) in [7, 11) is 0. The highest BCUT2D eigenvalue weighted by Gasteiger charge is 2.48. The van der Waals surface area contributed by atoms with Crippen molar-refractivity contribution in [3.8, 4) is 17.2 Å². The fourth-order valence-electron chi connectivity index (χ4n) is 3.79. The Kier molecular flexibility index (Phi) is 4.17. The van der Waals surface area contributed by atoms with Gasteiger partial charge in [-0.3, -0.25) is 9.59 Å². The summed E-state index contributed by atoms with van der Waals surface area (Å²) in [5, 5.41) is 0. The van der Waals surface area contributed by atoms with Crippen LogP contribution in [0.2, 0.25) is 0 Å². The summed E-state index contributed by atoms with van der Waals surface area (Å²) >= 11 is 0. The Bertz CT molecular complexity index is 952. The van der Waals surface area contributed by atoms with E-state index in [4.69, 9.17) is 9.47 Å². The second kappa shape index (κ2) is 6.33. The van der Waals surface area contributed by atoms with Crippen molar-refractivity contribution in [2.24, 2.45) is 5.41 Å². The van der Waals surface area contributed by atoms with E-state index >= 15 is 0 Å². The number of imide groups is 1. The maximum Gasteiger partial charge on any atom is 0.241 e. The first-order valence-corrected chi connectivity index (χ1v) is 9.53. The highest BCUT2D eigenvalue weighted by atomic mass is 16.5. The first kappa shape index (κ1) is 18.5. The molecule has 0 radical (unpaired) electrons. The predicted molar refractivity (Wildman–Crippen MR) is 105 cm³/mol. The molecule has 0 spiro atoms. The molecule has 0 saturated carbocycles. The highest BCUT2D eigenvalue weighted by Crippen LogP contribution is 2.45. The van der Waals surface area contributed by atoms with E-state index in [1.54, 1.807) is 18.3 Å². The fraction of sp³-hybridized carbons (Fsp3) is 0.409. The predicted octanol–water partition coefficient (Wildman–Crippen LogP) is 4.22. The van der Waals surface area contributed by atoms with Crippen LogP contribution in [0.25, 0.3) is 0 Å². The molecule has 1 fully saturated rings. The largest absolute Gasteiger partial charge is 0.492 e. The molecule has 0 aliphatic carbocycles. The van der Waals surface area contributed by atoms with E-state index < -0.39 is 5.41 Å². The van der Waals surface area contributed by atoms with E-state index in [1.165, 1.54) is 4.90 Å². The second-order valence-electron chi connectivity index (χ2n) is 8.38. The SMILES string of the molecule is CC[C@@]1(C)CC(=O)N(c2ccc(Oc3cccc4c3C(C)(C)CO4)cn2)C1=O. The minimum Gasteiger partial charge on any atom is -0.492 e. The normalized spacial score (nSPS) is 22.9. The molecule has 146 valence electrons. The van der Waals surface area contributed by atoms with Crippen LogP contribution < -0.4 is 14.4 Å². The topological polar surface area (TPSA) is 68.7 Å². The molecule has 6 nitrogen and oxygen atoms in total. The third-order valence-electron chi connectivity index (χ3n) is 5.72. The number of anilines is 1. The molecule has 0 bridgehead atoms. The van der Waals surface area contributed by atoms with Crippen molar-refractivity contribution in [1.29, 1.82) is 0 Å². The summed E-state index contributed by atoms with van der Waals surface area (Å²) < 4.78 is 11.8. The van der Waals surface area contributed by atoms with Gasteiger partial charge in [0, 0.05) is 17.4 Å². The van der Waals surface area contributed by atoms with Crippen LogP contribution in [0.3, 0.4) is 0 Å². The molecule has 1 aromatic heterocycles. The van der Waals surface area contributed by atoms with Gasteiger partial charge in [0.15, 0.2) is 0 Å². The van der Waals surface area contributed by atoms with Crippen LogP contribution in [-0.4, -0.2) is 23.4 Å². The van der Waals surface area contributed by atoms with E-state index in [2.05, 4.69) is 18.8 Å². The average molecular weight is 380 g/mol. The van der Waals surface area contributed by atoms with Gasteiger partial charge in [-0.1, -0.05) is 33.8 Å². The first-order valence-electron chi connectivity index (χ1n) is 9.53. The maximum atomic E-state index is 12.7. The summed E-state index contributed by atoms with van der Waals surface area (Å²) in [5.74, 6) is 2.02. The van der Waals surface area contributed by atoms with Gasteiger partial charge in [-0.05, 0) is 30.7 Å². The molecule has 4 rings (SSSR count). The number of benzene rings is 1. The first-order chi connectivity index (χ1) is 13.2. The van der Waals surface area contributed by atoms with Crippen LogP contribution in [0.1, 0.15) is 46.1 Å². The Morgan fingerprint density at radius 2 is 1.96 bits per heavy atom. The van der Waals surface area contributed by atoms with E-state index in [-0.39, 0.29) is 23.7 Å². The van der Waals surface area contributed by atoms with Gasteiger partial charge in [0.2, 0.25) is 11.8 Å². The highest BCUT2D eigenvalue weighted by molar-refractivity contribution is 6.21. The average Bonchev–Trinajstić information content (AvgIpc) is 3.10. The molecular formula is C22H24N2O4. The van der Waals surface area contributed by atoms with Gasteiger partial charge in [0.05, 0.1) is 18.2 Å². The molecule has 1 atom stereocenters. The minimum absolute atomic E-state index is 0.141. The third-order valence-corrected chi connectivity index (χ3v) is 5.72. The van der Waals surface area contributed by atoms with Gasteiger partial charge in [0.1, 0.15) is 23.1 Å². The van der Waals surface area contributed by atoms with Crippen LogP contribution >= 0.6 is 0 Å². The molecule has 2 aliphatic heterocycles. The molecule has 3 heterocycles. The third kappa shape index (κ3) is 2.84. The van der Waals surface area contributed by atoms with Gasteiger partial charge < -0.3 is 9.47 Å². The van der Waals surface area contributed by atoms with Crippen LogP contribution in [0, 0.1) is 5.41 Å². The quantitative estimate of drug-likeness (QED) is 0.743.